The van der Waals surface area contributed by atoms with Gasteiger partial charge in [0.2, 0.25) is 0 Å². The van der Waals surface area contributed by atoms with Gasteiger partial charge in [0.25, 0.3) is 0 Å². The maximum absolute atomic E-state index is 11.1. The Morgan fingerprint density at radius 1 is 1.85 bits per heavy atom. The van der Waals surface area contributed by atoms with E-state index in [-0.39, 0.29) is 11.7 Å². The molecule has 13 heavy (non-hydrogen) atoms. The molecule has 0 saturated carbocycles. The Kier molecular flexibility index (Phi) is 2.97. The highest BCUT2D eigenvalue weighted by Crippen LogP contribution is 2.15. The molecule has 70 valence electrons. The summed E-state index contributed by atoms with van der Waals surface area (Å²) < 4.78 is 0. The molecule has 0 saturated heterocycles. The number of carbonyl (C=O) groups excluding carboxylic acids is 1. The summed E-state index contributed by atoms with van der Waals surface area (Å²) in [4.78, 5) is 15.1. The Morgan fingerprint density at radius 2 is 2.54 bits per heavy atom. The Bertz CT molecular complexity index is 333. The monoisotopic (exact) mass is 198 g/mol. The molecule has 1 rings (SSSR count). The summed E-state index contributed by atoms with van der Waals surface area (Å²) in [6, 6.07) is 0. The van der Waals surface area contributed by atoms with E-state index in [0.29, 0.717) is 17.2 Å². The van der Waals surface area contributed by atoms with E-state index in [1.54, 1.807) is 12.3 Å². The van der Waals surface area contributed by atoms with Crippen LogP contribution in [0.25, 0.3) is 0 Å². The van der Waals surface area contributed by atoms with Gasteiger partial charge >= 0.3 is 0 Å². The predicted octanol–water partition coefficient (Wildman–Crippen LogP) is 1.04. The van der Waals surface area contributed by atoms with Gasteiger partial charge in [0.05, 0.1) is 0 Å². The van der Waals surface area contributed by atoms with Crippen molar-refractivity contribution in [1.82, 2.24) is 4.98 Å². The molecule has 1 aromatic rings. The van der Waals surface area contributed by atoms with E-state index in [1.165, 1.54) is 11.3 Å². The molecule has 4 N–H and O–H groups in total. The zero-order valence-electron chi connectivity index (χ0n) is 7.13. The number of carbonyl (C=O) groups is 1. The van der Waals surface area contributed by atoms with Gasteiger partial charge in [-0.15, -0.1) is 11.3 Å². The summed E-state index contributed by atoms with van der Waals surface area (Å²) in [5, 5.41) is 11.6. The van der Waals surface area contributed by atoms with Crippen LogP contribution in [-0.2, 0) is 0 Å². The quantitative estimate of drug-likeness (QED) is 0.384. The number of nitrogens with zero attached hydrogens (tertiary/aromatic N) is 1. The summed E-state index contributed by atoms with van der Waals surface area (Å²) in [5.41, 5.74) is 5.52. The second-order valence-corrected chi connectivity index (χ2v) is 3.21. The van der Waals surface area contributed by atoms with E-state index in [2.05, 4.69) is 10.3 Å². The van der Waals surface area contributed by atoms with Crippen LogP contribution in [0, 0.1) is 5.41 Å². The van der Waals surface area contributed by atoms with E-state index in [1.807, 2.05) is 0 Å². The van der Waals surface area contributed by atoms with Gasteiger partial charge in [-0.3, -0.25) is 10.2 Å². The second kappa shape index (κ2) is 3.99. The van der Waals surface area contributed by atoms with Crippen molar-refractivity contribution in [2.75, 3.05) is 5.32 Å². The number of hydrogen-bond acceptors (Lipinski definition) is 4. The third-order valence-electron chi connectivity index (χ3n) is 1.35. The first-order valence-corrected chi connectivity index (χ1v) is 4.61. The number of ketones is 1. The lowest BCUT2D eigenvalue weighted by Crippen LogP contribution is -2.20. The minimum Gasteiger partial charge on any atom is -0.370 e. The van der Waals surface area contributed by atoms with Gasteiger partial charge < -0.3 is 11.1 Å². The molecule has 6 heteroatoms. The van der Waals surface area contributed by atoms with Crippen LogP contribution >= 0.6 is 11.3 Å². The highest BCUT2D eigenvalue weighted by atomic mass is 32.1. The number of aromatic nitrogens is 1. The topological polar surface area (TPSA) is 91.9 Å². The maximum atomic E-state index is 11.1. The van der Waals surface area contributed by atoms with Gasteiger partial charge in [0.15, 0.2) is 16.9 Å². The number of guanidine groups is 1. The highest BCUT2D eigenvalue weighted by molar-refractivity contribution is 7.14. The van der Waals surface area contributed by atoms with Gasteiger partial charge in [-0.05, 0) is 0 Å². The lowest BCUT2D eigenvalue weighted by molar-refractivity contribution is 0.0984. The smallest absolute Gasteiger partial charge is 0.192 e. The lowest BCUT2D eigenvalue weighted by Gasteiger charge is -1.95. The van der Waals surface area contributed by atoms with Crippen molar-refractivity contribution in [3.8, 4) is 0 Å². The molecule has 0 aliphatic heterocycles. The SMILES string of the molecule is CCC(=O)c1csc(NC(=N)N)n1. The molecule has 0 aromatic carbocycles. The van der Waals surface area contributed by atoms with Gasteiger partial charge in [0.1, 0.15) is 5.69 Å². The molecule has 0 radical (unpaired) electrons. The van der Waals surface area contributed by atoms with Crippen molar-refractivity contribution >= 4 is 28.2 Å². The van der Waals surface area contributed by atoms with Gasteiger partial charge in [-0.2, -0.15) is 0 Å². The predicted molar refractivity (Wildman–Crippen MR) is 52.3 cm³/mol. The molecule has 0 spiro atoms. The minimum absolute atomic E-state index is 0.00662. The standard InChI is InChI=1S/C7H10N4OS/c1-2-5(12)4-3-13-7(10-4)11-6(8)9/h3H,2H2,1H3,(H4,8,9,10,11). The molecule has 0 amide bonds. The van der Waals surface area contributed by atoms with E-state index >= 15 is 0 Å². The van der Waals surface area contributed by atoms with Crippen LogP contribution < -0.4 is 11.1 Å². The molecule has 0 bridgehead atoms. The number of rotatable bonds is 3. The van der Waals surface area contributed by atoms with E-state index in [9.17, 15) is 4.79 Å². The summed E-state index contributed by atoms with van der Waals surface area (Å²) >= 11 is 1.26. The number of nitrogens with two attached hydrogens (primary N) is 1. The molecule has 0 aliphatic carbocycles. The average Bonchev–Trinajstić information content (AvgIpc) is 2.50. The molecule has 0 aliphatic rings. The molecule has 5 nitrogen and oxygen atoms in total. The fourth-order valence-electron chi connectivity index (χ4n) is 0.756. The molecular formula is C7H10N4OS. The van der Waals surface area contributed by atoms with Crippen LogP contribution in [0.4, 0.5) is 5.13 Å². The first-order valence-electron chi connectivity index (χ1n) is 3.73. The zero-order chi connectivity index (χ0) is 9.84. The largest absolute Gasteiger partial charge is 0.370 e. The summed E-state index contributed by atoms with van der Waals surface area (Å²) in [7, 11) is 0. The normalized spacial score (nSPS) is 9.62. The second-order valence-electron chi connectivity index (χ2n) is 2.35. The van der Waals surface area contributed by atoms with Gasteiger partial charge in [-0.25, -0.2) is 4.98 Å². The van der Waals surface area contributed by atoms with E-state index < -0.39 is 0 Å². The van der Waals surface area contributed by atoms with Crippen LogP contribution in [0.1, 0.15) is 23.8 Å². The van der Waals surface area contributed by atoms with E-state index in [4.69, 9.17) is 11.1 Å². The summed E-state index contributed by atoms with van der Waals surface area (Å²) in [6.07, 6.45) is 0.434. The number of nitrogens with one attached hydrogen (secondary N) is 2. The lowest BCUT2D eigenvalue weighted by atomic mass is 10.2. The van der Waals surface area contributed by atoms with Crippen molar-refractivity contribution in [3.63, 3.8) is 0 Å². The van der Waals surface area contributed by atoms with Crippen LogP contribution in [-0.4, -0.2) is 16.7 Å². The third kappa shape index (κ3) is 2.51. The van der Waals surface area contributed by atoms with Crippen molar-refractivity contribution in [1.29, 1.82) is 5.41 Å². The molecule has 0 fully saturated rings. The Balaban J connectivity index is 2.74. The fraction of sp³-hybridized carbons (Fsp3) is 0.286. The molecule has 0 atom stereocenters. The Hall–Kier alpha value is -1.43. The Morgan fingerprint density at radius 3 is 3.08 bits per heavy atom. The third-order valence-corrected chi connectivity index (χ3v) is 2.11. The van der Waals surface area contributed by atoms with Crippen molar-refractivity contribution in [2.24, 2.45) is 5.73 Å². The first-order chi connectivity index (χ1) is 6.13. The first kappa shape index (κ1) is 9.66. The summed E-state index contributed by atoms with van der Waals surface area (Å²) in [6.45, 7) is 1.78. The minimum atomic E-state index is -0.176. The van der Waals surface area contributed by atoms with Crippen LogP contribution in [0.2, 0.25) is 0 Å². The van der Waals surface area contributed by atoms with Gasteiger partial charge in [0, 0.05) is 11.8 Å². The zero-order valence-corrected chi connectivity index (χ0v) is 7.94. The fourth-order valence-corrected chi connectivity index (χ4v) is 1.48. The van der Waals surface area contributed by atoms with Crippen LogP contribution in [0.15, 0.2) is 5.38 Å². The molecular weight excluding hydrogens is 188 g/mol. The van der Waals surface area contributed by atoms with E-state index in [0.717, 1.165) is 0 Å². The maximum Gasteiger partial charge on any atom is 0.192 e. The number of anilines is 1. The van der Waals surface area contributed by atoms with Crippen molar-refractivity contribution in [3.05, 3.63) is 11.1 Å². The van der Waals surface area contributed by atoms with Crippen LogP contribution in [0.5, 0.6) is 0 Å². The number of hydrogen-bond donors (Lipinski definition) is 3. The molecule has 1 heterocycles. The highest BCUT2D eigenvalue weighted by Gasteiger charge is 2.08. The number of thiazole rings is 1. The van der Waals surface area contributed by atoms with Crippen LogP contribution in [0.3, 0.4) is 0 Å². The van der Waals surface area contributed by atoms with Crippen molar-refractivity contribution in [2.45, 2.75) is 13.3 Å². The Labute approximate surface area is 79.5 Å². The number of Topliss-reactive ketones (excluding diaryl/α,β-unsaturated/α-hetero) is 1. The molecule has 0 unspecified atom stereocenters. The summed E-state index contributed by atoms with van der Waals surface area (Å²) in [5.74, 6) is -0.183. The van der Waals surface area contributed by atoms with Gasteiger partial charge in [-0.1, -0.05) is 6.92 Å². The molecule has 1 aromatic heterocycles. The van der Waals surface area contributed by atoms with Crippen molar-refractivity contribution < 1.29 is 4.79 Å². The average molecular weight is 198 g/mol.